The van der Waals surface area contributed by atoms with Crippen molar-refractivity contribution in [3.05, 3.63) is 40.8 Å². The number of sulfone groups is 1. The number of amides is 1. The quantitative estimate of drug-likeness (QED) is 0.699. The first-order valence-corrected chi connectivity index (χ1v) is 9.93. The van der Waals surface area contributed by atoms with E-state index in [2.05, 4.69) is 4.98 Å². The van der Waals surface area contributed by atoms with Gasteiger partial charge in [-0.3, -0.25) is 4.79 Å². The van der Waals surface area contributed by atoms with Crippen LogP contribution in [0.1, 0.15) is 10.4 Å². The molecule has 2 unspecified atom stereocenters. The Balaban J connectivity index is 1.72. The number of hydrogen-bond acceptors (Lipinski definition) is 5. The fourth-order valence-corrected chi connectivity index (χ4v) is 5.48. The van der Waals surface area contributed by atoms with Gasteiger partial charge in [0.05, 0.1) is 41.3 Å². The number of ether oxygens (including phenoxy) is 1. The molecule has 4 rings (SSSR count). The number of halogens is 2. The highest BCUT2D eigenvalue weighted by molar-refractivity contribution is 7.91. The smallest absolute Gasteiger partial charge is 0.257 e. The van der Waals surface area contributed by atoms with Crippen LogP contribution in [-0.2, 0) is 14.6 Å². The number of morpholine rings is 1. The van der Waals surface area contributed by atoms with Crippen molar-refractivity contribution < 1.29 is 22.3 Å². The van der Waals surface area contributed by atoms with Gasteiger partial charge in [-0.05, 0) is 18.2 Å². The lowest BCUT2D eigenvalue weighted by molar-refractivity contribution is -0.0361. The van der Waals surface area contributed by atoms with Crippen LogP contribution in [0.2, 0.25) is 5.15 Å². The van der Waals surface area contributed by atoms with Crippen molar-refractivity contribution in [3.63, 3.8) is 0 Å². The highest BCUT2D eigenvalue weighted by Gasteiger charge is 2.46. The van der Waals surface area contributed by atoms with Gasteiger partial charge in [-0.1, -0.05) is 11.6 Å². The molecular weight excluding hydrogens is 371 g/mol. The van der Waals surface area contributed by atoms with Crippen molar-refractivity contribution in [2.75, 3.05) is 24.7 Å². The monoisotopic (exact) mass is 384 g/mol. The minimum absolute atomic E-state index is 0.0352. The van der Waals surface area contributed by atoms with Crippen LogP contribution in [0.3, 0.4) is 0 Å². The van der Waals surface area contributed by atoms with Crippen LogP contribution in [0.5, 0.6) is 0 Å². The van der Waals surface area contributed by atoms with Crippen LogP contribution in [0, 0.1) is 5.82 Å². The van der Waals surface area contributed by atoms with Gasteiger partial charge >= 0.3 is 0 Å². The predicted octanol–water partition coefficient (Wildman–Crippen LogP) is 1.67. The molecule has 2 atom stereocenters. The number of aromatic nitrogens is 1. The highest BCUT2D eigenvalue weighted by atomic mass is 35.5. The Bertz CT molecular complexity index is 982. The molecular formula is C16H14ClFN2O4S. The van der Waals surface area contributed by atoms with Crippen LogP contribution in [0.25, 0.3) is 10.9 Å². The molecule has 0 bridgehead atoms. The third-order valence-electron chi connectivity index (χ3n) is 4.56. The average Bonchev–Trinajstić information content (AvgIpc) is 2.87. The van der Waals surface area contributed by atoms with Crippen LogP contribution in [-0.4, -0.2) is 61.0 Å². The van der Waals surface area contributed by atoms with Gasteiger partial charge < -0.3 is 9.64 Å². The summed E-state index contributed by atoms with van der Waals surface area (Å²) in [5.41, 5.74) is 0.524. The maximum Gasteiger partial charge on any atom is 0.257 e. The lowest BCUT2D eigenvalue weighted by Gasteiger charge is -2.36. The highest BCUT2D eigenvalue weighted by Crippen LogP contribution is 2.28. The molecule has 0 spiro atoms. The van der Waals surface area contributed by atoms with Gasteiger partial charge in [-0.2, -0.15) is 0 Å². The van der Waals surface area contributed by atoms with Gasteiger partial charge in [0.15, 0.2) is 9.84 Å². The van der Waals surface area contributed by atoms with E-state index in [0.29, 0.717) is 10.9 Å². The third kappa shape index (κ3) is 2.98. The Morgan fingerprint density at radius 2 is 2.12 bits per heavy atom. The van der Waals surface area contributed by atoms with Crippen molar-refractivity contribution in [3.8, 4) is 0 Å². The van der Waals surface area contributed by atoms with E-state index in [4.69, 9.17) is 16.3 Å². The molecule has 2 fully saturated rings. The van der Waals surface area contributed by atoms with Gasteiger partial charge in [-0.15, -0.1) is 0 Å². The minimum atomic E-state index is -3.24. The molecule has 0 saturated carbocycles. The summed E-state index contributed by atoms with van der Waals surface area (Å²) in [6.45, 7) is 0.555. The summed E-state index contributed by atoms with van der Waals surface area (Å²) < 4.78 is 42.6. The number of hydrogen-bond donors (Lipinski definition) is 0. The van der Waals surface area contributed by atoms with Crippen molar-refractivity contribution in [2.45, 2.75) is 12.1 Å². The second-order valence-corrected chi connectivity index (χ2v) is 8.73. The Hall–Kier alpha value is -1.77. The van der Waals surface area contributed by atoms with Crippen molar-refractivity contribution in [2.24, 2.45) is 0 Å². The molecule has 0 radical (unpaired) electrons. The van der Waals surface area contributed by atoms with E-state index in [1.54, 1.807) is 6.07 Å². The molecule has 9 heteroatoms. The van der Waals surface area contributed by atoms with Gasteiger partial charge in [0, 0.05) is 18.0 Å². The second kappa shape index (κ2) is 5.89. The number of carbonyl (C=O) groups is 1. The van der Waals surface area contributed by atoms with Crippen LogP contribution in [0.15, 0.2) is 24.3 Å². The van der Waals surface area contributed by atoms with Crippen molar-refractivity contribution in [1.82, 2.24) is 9.88 Å². The second-order valence-electron chi connectivity index (χ2n) is 6.22. The molecule has 25 heavy (non-hydrogen) atoms. The minimum Gasteiger partial charge on any atom is -0.373 e. The SMILES string of the molecule is O=C(c1cc2ccc(F)cc2nc1Cl)N1CCOC2CS(=O)(=O)CC21. The summed E-state index contributed by atoms with van der Waals surface area (Å²) in [6, 6.07) is 5.07. The summed E-state index contributed by atoms with van der Waals surface area (Å²) in [5.74, 6) is -1.03. The zero-order valence-electron chi connectivity index (χ0n) is 13.0. The van der Waals surface area contributed by atoms with Crippen LogP contribution < -0.4 is 0 Å². The largest absolute Gasteiger partial charge is 0.373 e. The number of benzene rings is 1. The average molecular weight is 385 g/mol. The molecule has 1 aromatic heterocycles. The first kappa shape index (κ1) is 16.7. The standard InChI is InChI=1S/C16H14ClFN2O4S/c17-15-11(5-9-1-2-10(18)6-12(9)19-15)16(21)20-3-4-24-14-8-25(22,23)7-13(14)20/h1-2,5-6,13-14H,3-4,7-8H2. The number of fused-ring (bicyclic) bond motifs is 2. The molecule has 2 saturated heterocycles. The van der Waals surface area contributed by atoms with Gasteiger partial charge in [0.2, 0.25) is 0 Å². The number of carbonyl (C=O) groups excluding carboxylic acids is 1. The van der Waals surface area contributed by atoms with E-state index in [1.807, 2.05) is 0 Å². The number of pyridine rings is 1. The molecule has 0 N–H and O–H groups in total. The molecule has 132 valence electrons. The van der Waals surface area contributed by atoms with Gasteiger partial charge in [-0.25, -0.2) is 17.8 Å². The number of rotatable bonds is 1. The summed E-state index contributed by atoms with van der Waals surface area (Å²) >= 11 is 6.14. The lowest BCUT2D eigenvalue weighted by Crippen LogP contribution is -2.53. The Labute approximate surface area is 148 Å². The van der Waals surface area contributed by atoms with Crippen LogP contribution >= 0.6 is 11.6 Å². The van der Waals surface area contributed by atoms with E-state index >= 15 is 0 Å². The predicted molar refractivity (Wildman–Crippen MR) is 89.9 cm³/mol. The van der Waals surface area contributed by atoms with Crippen molar-refractivity contribution in [1.29, 1.82) is 0 Å². The fourth-order valence-electron chi connectivity index (χ4n) is 3.39. The molecule has 2 aromatic rings. The molecule has 1 amide bonds. The topological polar surface area (TPSA) is 76.6 Å². The van der Waals surface area contributed by atoms with E-state index in [1.165, 1.54) is 23.1 Å². The third-order valence-corrected chi connectivity index (χ3v) is 6.53. The molecule has 1 aromatic carbocycles. The molecule has 2 aliphatic rings. The Morgan fingerprint density at radius 1 is 1.32 bits per heavy atom. The maximum atomic E-state index is 13.3. The molecule has 3 heterocycles. The summed E-state index contributed by atoms with van der Waals surface area (Å²) in [4.78, 5) is 18.6. The van der Waals surface area contributed by atoms with Crippen molar-refractivity contribution >= 4 is 38.2 Å². The summed E-state index contributed by atoms with van der Waals surface area (Å²) in [6.07, 6.45) is -0.510. The molecule has 0 aliphatic carbocycles. The first-order chi connectivity index (χ1) is 11.8. The van der Waals surface area contributed by atoms with Crippen LogP contribution in [0.4, 0.5) is 4.39 Å². The van der Waals surface area contributed by atoms with Gasteiger partial charge in [0.1, 0.15) is 11.0 Å². The molecule has 2 aliphatic heterocycles. The number of nitrogens with zero attached hydrogens (tertiary/aromatic N) is 2. The van der Waals surface area contributed by atoms with Gasteiger partial charge in [0.25, 0.3) is 5.91 Å². The normalized spacial score (nSPS) is 25.1. The lowest BCUT2D eigenvalue weighted by atomic mass is 10.1. The van der Waals surface area contributed by atoms with E-state index < -0.39 is 27.8 Å². The molecule has 6 nitrogen and oxygen atoms in total. The first-order valence-electron chi connectivity index (χ1n) is 7.73. The Morgan fingerprint density at radius 3 is 2.92 bits per heavy atom. The van der Waals surface area contributed by atoms with E-state index in [0.717, 1.165) is 0 Å². The zero-order chi connectivity index (χ0) is 17.8. The zero-order valence-corrected chi connectivity index (χ0v) is 14.6. The summed E-state index contributed by atoms with van der Waals surface area (Å²) in [5, 5.41) is 0.546. The summed E-state index contributed by atoms with van der Waals surface area (Å²) in [7, 11) is -3.24. The maximum absolute atomic E-state index is 13.3. The van der Waals surface area contributed by atoms with E-state index in [-0.39, 0.29) is 41.3 Å². The Kier molecular flexibility index (Phi) is 3.93. The van der Waals surface area contributed by atoms with E-state index in [9.17, 15) is 17.6 Å². The fraction of sp³-hybridized carbons (Fsp3) is 0.375.